The zero-order chi connectivity index (χ0) is 20.2. The van der Waals surface area contributed by atoms with E-state index in [9.17, 15) is 29.6 Å². The minimum absolute atomic E-state index is 0.0887. The highest BCUT2D eigenvalue weighted by Gasteiger charge is 2.42. The van der Waals surface area contributed by atoms with Crippen LogP contribution in [0.1, 0.15) is 48.5 Å². The molecule has 1 aliphatic rings. The van der Waals surface area contributed by atoms with Crippen LogP contribution < -0.4 is 10.6 Å². The van der Waals surface area contributed by atoms with Gasteiger partial charge < -0.3 is 15.7 Å². The molecule has 1 fully saturated rings. The van der Waals surface area contributed by atoms with Crippen molar-refractivity contribution in [3.63, 3.8) is 0 Å². The van der Waals surface area contributed by atoms with E-state index >= 15 is 0 Å². The number of hydrogen-bond donors (Lipinski definition) is 3. The number of hydrogen-bond acceptors (Lipinski definition) is 5. The molecule has 0 aliphatic heterocycles. The smallest absolute Gasteiger partial charge is 0.308 e. The van der Waals surface area contributed by atoms with Crippen molar-refractivity contribution in [1.82, 2.24) is 10.6 Å². The molecule has 0 heterocycles. The van der Waals surface area contributed by atoms with Crippen LogP contribution in [-0.4, -0.2) is 39.9 Å². The third-order valence-corrected chi connectivity index (χ3v) is 5.00. The number of carbonyl (C=O) groups is 3. The SMILES string of the molecule is Cc1cc(C(=O)NCC(=O)NC2(C)CCCCC2C(=O)O)ccc1[N+](=O)[O-]. The summed E-state index contributed by atoms with van der Waals surface area (Å²) in [7, 11) is 0. The van der Waals surface area contributed by atoms with Gasteiger partial charge in [0, 0.05) is 17.2 Å². The maximum Gasteiger partial charge on any atom is 0.308 e. The fraction of sp³-hybridized carbons (Fsp3) is 0.500. The Morgan fingerprint density at radius 2 is 2.04 bits per heavy atom. The summed E-state index contributed by atoms with van der Waals surface area (Å²) in [4.78, 5) is 46.1. The van der Waals surface area contributed by atoms with Gasteiger partial charge >= 0.3 is 5.97 Å². The molecule has 2 amide bonds. The van der Waals surface area contributed by atoms with Crippen LogP contribution in [0.5, 0.6) is 0 Å². The van der Waals surface area contributed by atoms with Crippen molar-refractivity contribution in [3.05, 3.63) is 39.4 Å². The van der Waals surface area contributed by atoms with Crippen LogP contribution in [0.25, 0.3) is 0 Å². The number of carboxylic acid groups (broad SMARTS) is 1. The first-order chi connectivity index (χ1) is 12.6. The van der Waals surface area contributed by atoms with Crippen molar-refractivity contribution in [2.75, 3.05) is 6.54 Å². The highest BCUT2D eigenvalue weighted by atomic mass is 16.6. The fourth-order valence-corrected chi connectivity index (χ4v) is 3.51. The summed E-state index contributed by atoms with van der Waals surface area (Å²) >= 11 is 0. The van der Waals surface area contributed by atoms with Crippen molar-refractivity contribution in [1.29, 1.82) is 0 Å². The van der Waals surface area contributed by atoms with Gasteiger partial charge in [-0.15, -0.1) is 0 Å². The molecule has 1 aromatic rings. The summed E-state index contributed by atoms with van der Waals surface area (Å²) in [5.74, 6) is -2.62. The average Bonchev–Trinajstić information content (AvgIpc) is 2.58. The van der Waals surface area contributed by atoms with E-state index in [0.717, 1.165) is 12.8 Å². The highest BCUT2D eigenvalue weighted by Crippen LogP contribution is 2.33. The summed E-state index contributed by atoms with van der Waals surface area (Å²) in [6.07, 6.45) is 2.69. The molecule has 146 valence electrons. The predicted octanol–water partition coefficient (Wildman–Crippen LogP) is 1.78. The van der Waals surface area contributed by atoms with Crippen LogP contribution in [0.3, 0.4) is 0 Å². The topological polar surface area (TPSA) is 139 Å². The van der Waals surface area contributed by atoms with E-state index in [0.29, 0.717) is 18.4 Å². The Morgan fingerprint density at radius 1 is 1.33 bits per heavy atom. The lowest BCUT2D eigenvalue weighted by molar-refractivity contribution is -0.385. The van der Waals surface area contributed by atoms with Crippen LogP contribution in [0.15, 0.2) is 18.2 Å². The molecule has 0 aromatic heterocycles. The number of aryl methyl sites for hydroxylation is 1. The van der Waals surface area contributed by atoms with Gasteiger partial charge in [-0.05, 0) is 38.8 Å². The number of carbonyl (C=O) groups excluding carboxylic acids is 2. The second-order valence-electron chi connectivity index (χ2n) is 7.04. The monoisotopic (exact) mass is 377 g/mol. The standard InChI is InChI=1S/C18H23N3O6/c1-11-9-12(6-7-14(11)21(26)27)16(23)19-10-15(22)20-18(2)8-4-3-5-13(18)17(24)25/h6-7,9,13H,3-5,8,10H2,1-2H3,(H,19,23)(H,20,22)(H,24,25). The molecule has 9 nitrogen and oxygen atoms in total. The number of rotatable bonds is 6. The number of nitro benzene ring substituents is 1. The van der Waals surface area contributed by atoms with E-state index in [4.69, 9.17) is 0 Å². The fourth-order valence-electron chi connectivity index (χ4n) is 3.51. The van der Waals surface area contributed by atoms with Gasteiger partial charge in [-0.2, -0.15) is 0 Å². The molecule has 9 heteroatoms. The number of nitrogens with one attached hydrogen (secondary N) is 2. The molecular formula is C18H23N3O6. The molecule has 0 spiro atoms. The number of aliphatic carboxylic acids is 1. The maximum atomic E-state index is 12.2. The van der Waals surface area contributed by atoms with Crippen LogP contribution in [0.4, 0.5) is 5.69 Å². The Labute approximate surface area is 156 Å². The Kier molecular flexibility index (Phi) is 6.14. The summed E-state index contributed by atoms with van der Waals surface area (Å²) in [6, 6.07) is 3.94. The third kappa shape index (κ3) is 4.81. The number of benzene rings is 1. The summed E-state index contributed by atoms with van der Waals surface area (Å²) < 4.78 is 0. The maximum absolute atomic E-state index is 12.2. The van der Waals surface area contributed by atoms with Crippen LogP contribution in [-0.2, 0) is 9.59 Å². The van der Waals surface area contributed by atoms with Crippen LogP contribution in [0, 0.1) is 23.0 Å². The van der Waals surface area contributed by atoms with Crippen LogP contribution >= 0.6 is 0 Å². The zero-order valence-electron chi connectivity index (χ0n) is 15.3. The lowest BCUT2D eigenvalue weighted by Crippen LogP contribution is -2.57. The first-order valence-electron chi connectivity index (χ1n) is 8.71. The number of nitrogens with zero attached hydrogens (tertiary/aromatic N) is 1. The van der Waals surface area contributed by atoms with Crippen molar-refractivity contribution >= 4 is 23.5 Å². The first kappa shape index (κ1) is 20.3. The number of carboxylic acids is 1. The number of nitro groups is 1. The molecule has 0 bridgehead atoms. The molecule has 2 atom stereocenters. The van der Waals surface area contributed by atoms with Gasteiger partial charge in [0.05, 0.1) is 22.9 Å². The first-order valence-corrected chi connectivity index (χ1v) is 8.71. The summed E-state index contributed by atoms with van der Waals surface area (Å²) in [5, 5.41) is 25.4. The molecule has 2 unspecified atom stereocenters. The lowest BCUT2D eigenvalue weighted by Gasteiger charge is -2.39. The van der Waals surface area contributed by atoms with E-state index in [-0.39, 0.29) is 17.8 Å². The molecule has 1 aliphatic carbocycles. The lowest BCUT2D eigenvalue weighted by atomic mass is 9.74. The average molecular weight is 377 g/mol. The third-order valence-electron chi connectivity index (χ3n) is 5.00. The Morgan fingerprint density at radius 3 is 2.63 bits per heavy atom. The van der Waals surface area contributed by atoms with Gasteiger partial charge in [0.1, 0.15) is 0 Å². The quantitative estimate of drug-likeness (QED) is 0.510. The van der Waals surface area contributed by atoms with Gasteiger partial charge in [0.2, 0.25) is 5.91 Å². The molecule has 0 saturated heterocycles. The predicted molar refractivity (Wildman–Crippen MR) is 96.3 cm³/mol. The Bertz CT molecular complexity index is 778. The molecular weight excluding hydrogens is 354 g/mol. The van der Waals surface area contributed by atoms with Crippen molar-refractivity contribution < 1.29 is 24.4 Å². The second kappa shape index (κ2) is 8.15. The van der Waals surface area contributed by atoms with E-state index < -0.39 is 34.2 Å². The van der Waals surface area contributed by atoms with Crippen molar-refractivity contribution in [2.45, 2.75) is 45.1 Å². The molecule has 0 radical (unpaired) electrons. The Balaban J connectivity index is 1.96. The highest BCUT2D eigenvalue weighted by molar-refractivity contribution is 5.97. The summed E-state index contributed by atoms with van der Waals surface area (Å²) in [5.41, 5.74) is -0.390. The minimum Gasteiger partial charge on any atom is -0.481 e. The number of amides is 2. The second-order valence-corrected chi connectivity index (χ2v) is 7.04. The molecule has 2 rings (SSSR count). The van der Waals surface area contributed by atoms with Gasteiger partial charge in [-0.1, -0.05) is 12.8 Å². The molecule has 3 N–H and O–H groups in total. The Hall–Kier alpha value is -2.97. The van der Waals surface area contributed by atoms with Crippen molar-refractivity contribution in [3.8, 4) is 0 Å². The van der Waals surface area contributed by atoms with Crippen LogP contribution in [0.2, 0.25) is 0 Å². The molecule has 1 aromatic carbocycles. The van der Waals surface area contributed by atoms with Gasteiger partial charge in [0.25, 0.3) is 11.6 Å². The van der Waals surface area contributed by atoms with E-state index in [1.54, 1.807) is 6.92 Å². The van der Waals surface area contributed by atoms with E-state index in [1.165, 1.54) is 25.1 Å². The normalized spacial score (nSPS) is 21.9. The van der Waals surface area contributed by atoms with Gasteiger partial charge in [-0.25, -0.2) is 0 Å². The van der Waals surface area contributed by atoms with Gasteiger partial charge in [0.15, 0.2) is 0 Å². The largest absolute Gasteiger partial charge is 0.481 e. The zero-order valence-corrected chi connectivity index (χ0v) is 15.3. The summed E-state index contributed by atoms with van der Waals surface area (Å²) in [6.45, 7) is 2.93. The van der Waals surface area contributed by atoms with Gasteiger partial charge in [-0.3, -0.25) is 24.5 Å². The van der Waals surface area contributed by atoms with Crippen molar-refractivity contribution in [2.24, 2.45) is 5.92 Å². The van der Waals surface area contributed by atoms with E-state index in [1.807, 2.05) is 0 Å². The molecule has 27 heavy (non-hydrogen) atoms. The minimum atomic E-state index is -0.942. The molecule has 1 saturated carbocycles. The van der Waals surface area contributed by atoms with E-state index in [2.05, 4.69) is 10.6 Å².